The summed E-state index contributed by atoms with van der Waals surface area (Å²) in [5, 5.41) is 45.6. The Hall–Kier alpha value is -2.95. The molecule has 0 aromatic heterocycles. The summed E-state index contributed by atoms with van der Waals surface area (Å²) in [4.78, 5) is 50.2. The molecule has 0 bridgehead atoms. The summed E-state index contributed by atoms with van der Waals surface area (Å²) in [5.41, 5.74) is 0.0244. The number of hydrogen-bond donors (Lipinski definition) is 5. The van der Waals surface area contributed by atoms with Crippen molar-refractivity contribution in [1.29, 1.82) is 5.26 Å². The Morgan fingerprint density at radius 1 is 0.974 bits per heavy atom. The number of carboxylic acids is 2. The Balaban J connectivity index is 0.000000360. The van der Waals surface area contributed by atoms with Crippen molar-refractivity contribution in [3.63, 3.8) is 0 Å². The van der Waals surface area contributed by atoms with E-state index in [-0.39, 0.29) is 23.5 Å². The molecule has 3 amide bonds. The van der Waals surface area contributed by atoms with Crippen molar-refractivity contribution in [2.24, 2.45) is 17.8 Å². The van der Waals surface area contributed by atoms with E-state index >= 15 is 0 Å². The van der Waals surface area contributed by atoms with Gasteiger partial charge in [0.15, 0.2) is 12.2 Å². The molecule has 2 aliphatic heterocycles. The van der Waals surface area contributed by atoms with Crippen LogP contribution in [0.25, 0.3) is 0 Å². The third-order valence-electron chi connectivity index (χ3n) is 8.74. The van der Waals surface area contributed by atoms with Gasteiger partial charge in [-0.05, 0) is 56.3 Å². The number of carbonyl (C=O) groups is 4. The quantitative estimate of drug-likeness (QED) is 0.286. The number of likely N-dealkylation sites (tertiary alicyclic amines) is 2. The van der Waals surface area contributed by atoms with E-state index < -0.39 is 24.1 Å². The monoisotopic (exact) mass is 551 g/mol. The summed E-state index contributed by atoms with van der Waals surface area (Å²) in [7, 11) is 3.64. The Morgan fingerprint density at radius 2 is 1.51 bits per heavy atom. The maximum Gasteiger partial charge on any atom is 0.335 e. The van der Waals surface area contributed by atoms with E-state index in [1.165, 1.54) is 25.7 Å². The molecule has 0 radical (unpaired) electrons. The number of carboxylic acid groups (broad SMARTS) is 2. The van der Waals surface area contributed by atoms with Gasteiger partial charge in [-0.1, -0.05) is 12.8 Å². The van der Waals surface area contributed by atoms with Crippen LogP contribution in [-0.4, -0.2) is 123 Å². The van der Waals surface area contributed by atoms with Crippen LogP contribution in [0.15, 0.2) is 0 Å². The SMILES string of the molecule is CN(C)C(=O)N1CC2CC(NCC(=O)N3CCC[C@H]3C#N)(C3CCCC3)CC2C1.O=C(O)C(O)C(O)C(=O)O. The molecule has 13 nitrogen and oxygen atoms in total. The molecule has 5 atom stereocenters. The first-order valence-electron chi connectivity index (χ1n) is 13.6. The van der Waals surface area contributed by atoms with E-state index in [1.807, 2.05) is 19.0 Å². The van der Waals surface area contributed by atoms with Crippen LogP contribution >= 0.6 is 0 Å². The molecule has 4 aliphatic rings. The minimum Gasteiger partial charge on any atom is -0.479 e. The van der Waals surface area contributed by atoms with Gasteiger partial charge in [-0.2, -0.15) is 5.26 Å². The number of aliphatic carboxylic acids is 2. The average Bonchev–Trinajstić information content (AvgIpc) is 3.69. The first-order valence-corrected chi connectivity index (χ1v) is 13.6. The van der Waals surface area contributed by atoms with Gasteiger partial charge >= 0.3 is 18.0 Å². The van der Waals surface area contributed by atoms with Gasteiger partial charge in [0.2, 0.25) is 5.91 Å². The number of rotatable bonds is 7. The highest BCUT2D eigenvalue weighted by atomic mass is 16.4. The number of amides is 3. The first kappa shape index (κ1) is 30.6. The number of aliphatic hydroxyl groups excluding tert-OH is 2. The highest BCUT2D eigenvalue weighted by Crippen LogP contribution is 2.51. The molecule has 4 unspecified atom stereocenters. The second-order valence-electron chi connectivity index (χ2n) is 11.4. The zero-order valence-electron chi connectivity index (χ0n) is 22.7. The topological polar surface area (TPSA) is 195 Å². The molecule has 4 rings (SSSR count). The fourth-order valence-electron chi connectivity index (χ4n) is 6.78. The molecule has 39 heavy (non-hydrogen) atoms. The zero-order chi connectivity index (χ0) is 28.9. The van der Waals surface area contributed by atoms with E-state index in [0.29, 0.717) is 30.8 Å². The second kappa shape index (κ2) is 12.9. The van der Waals surface area contributed by atoms with Gasteiger partial charge in [0, 0.05) is 39.3 Å². The van der Waals surface area contributed by atoms with Crippen molar-refractivity contribution in [2.75, 3.05) is 40.3 Å². The predicted molar refractivity (Wildman–Crippen MR) is 137 cm³/mol. The molecule has 0 aromatic carbocycles. The molecule has 0 spiro atoms. The summed E-state index contributed by atoms with van der Waals surface area (Å²) in [6, 6.07) is 2.15. The lowest BCUT2D eigenvalue weighted by Crippen LogP contribution is -2.54. The van der Waals surface area contributed by atoms with E-state index in [0.717, 1.165) is 38.8 Å². The van der Waals surface area contributed by atoms with Crippen LogP contribution in [0.1, 0.15) is 51.4 Å². The number of nitriles is 1. The Labute approximate surface area is 228 Å². The Kier molecular flexibility index (Phi) is 10.1. The van der Waals surface area contributed by atoms with Gasteiger partial charge in [0.1, 0.15) is 6.04 Å². The number of nitrogens with one attached hydrogen (secondary N) is 1. The smallest absolute Gasteiger partial charge is 0.335 e. The number of fused-ring (bicyclic) bond motifs is 1. The summed E-state index contributed by atoms with van der Waals surface area (Å²) in [6.45, 7) is 2.74. The molecule has 13 heteroatoms. The van der Waals surface area contributed by atoms with Gasteiger partial charge in [0.05, 0.1) is 12.6 Å². The molecule has 2 heterocycles. The number of hydrogen-bond acceptors (Lipinski definition) is 8. The summed E-state index contributed by atoms with van der Waals surface area (Å²) < 4.78 is 0. The van der Waals surface area contributed by atoms with Gasteiger partial charge in [-0.3, -0.25) is 4.79 Å². The Morgan fingerprint density at radius 3 is 1.97 bits per heavy atom. The van der Waals surface area contributed by atoms with Crippen molar-refractivity contribution in [1.82, 2.24) is 20.0 Å². The van der Waals surface area contributed by atoms with Crippen molar-refractivity contribution in [3.05, 3.63) is 0 Å². The van der Waals surface area contributed by atoms with Crippen LogP contribution in [0.3, 0.4) is 0 Å². The summed E-state index contributed by atoms with van der Waals surface area (Å²) in [5.74, 6) is -1.77. The van der Waals surface area contributed by atoms with E-state index in [1.54, 1.807) is 9.80 Å². The van der Waals surface area contributed by atoms with E-state index in [2.05, 4.69) is 11.4 Å². The number of urea groups is 1. The zero-order valence-corrected chi connectivity index (χ0v) is 22.7. The molecule has 2 aliphatic carbocycles. The fraction of sp³-hybridized carbons (Fsp3) is 0.808. The van der Waals surface area contributed by atoms with Crippen LogP contribution in [0, 0.1) is 29.1 Å². The predicted octanol–water partition coefficient (Wildman–Crippen LogP) is -0.0796. The average molecular weight is 552 g/mol. The molecule has 218 valence electrons. The van der Waals surface area contributed by atoms with Crippen molar-refractivity contribution in [2.45, 2.75) is 75.2 Å². The van der Waals surface area contributed by atoms with Crippen molar-refractivity contribution < 1.29 is 39.6 Å². The Bertz CT molecular complexity index is 930. The van der Waals surface area contributed by atoms with E-state index in [4.69, 9.17) is 20.4 Å². The molecule has 2 saturated heterocycles. The maximum atomic E-state index is 12.8. The molecular weight excluding hydrogens is 510 g/mol. The molecule has 2 saturated carbocycles. The van der Waals surface area contributed by atoms with E-state index in [9.17, 15) is 24.4 Å². The maximum absolute atomic E-state index is 12.8. The van der Waals surface area contributed by atoms with Crippen LogP contribution in [-0.2, 0) is 14.4 Å². The van der Waals surface area contributed by atoms with Crippen LogP contribution in [0.4, 0.5) is 4.79 Å². The standard InChI is InChI=1S/C22H35N5O2.C4H6O6/c1-25(2)21(29)26-14-16-10-22(11-17(16)15-26,18-6-3-4-7-18)24-13-20(28)27-9-5-8-19(27)12-23;5-1(3(7)8)2(6)4(9)10/h16-19,24H,3-11,13-15H2,1-2H3;1-2,5-6H,(H,7,8)(H,9,10)/t16?,17?,19-,22?;/m0./s1. The molecule has 5 N–H and O–H groups in total. The second-order valence-corrected chi connectivity index (χ2v) is 11.4. The minimum atomic E-state index is -2.27. The minimum absolute atomic E-state index is 0.0244. The highest BCUT2D eigenvalue weighted by Gasteiger charge is 2.53. The third-order valence-corrected chi connectivity index (χ3v) is 8.74. The summed E-state index contributed by atoms with van der Waals surface area (Å²) in [6.07, 6.45) is 4.37. The van der Waals surface area contributed by atoms with Crippen LogP contribution in [0.5, 0.6) is 0 Å². The van der Waals surface area contributed by atoms with Crippen LogP contribution in [0.2, 0.25) is 0 Å². The number of aliphatic hydroxyl groups is 2. The third kappa shape index (κ3) is 6.98. The molecule has 0 aromatic rings. The van der Waals surface area contributed by atoms with Gasteiger partial charge < -0.3 is 40.4 Å². The molecular formula is C26H41N5O8. The fourth-order valence-corrected chi connectivity index (χ4v) is 6.78. The van der Waals surface area contributed by atoms with Gasteiger partial charge in [-0.15, -0.1) is 0 Å². The van der Waals surface area contributed by atoms with Crippen molar-refractivity contribution >= 4 is 23.9 Å². The number of nitrogens with zero attached hydrogens (tertiary/aromatic N) is 4. The van der Waals surface area contributed by atoms with Crippen molar-refractivity contribution in [3.8, 4) is 6.07 Å². The largest absolute Gasteiger partial charge is 0.479 e. The highest BCUT2D eigenvalue weighted by molar-refractivity contribution is 5.83. The lowest BCUT2D eigenvalue weighted by atomic mass is 9.79. The molecule has 4 fully saturated rings. The summed E-state index contributed by atoms with van der Waals surface area (Å²) >= 11 is 0. The normalized spacial score (nSPS) is 29.7. The van der Waals surface area contributed by atoms with Gasteiger partial charge in [0.25, 0.3) is 0 Å². The van der Waals surface area contributed by atoms with Crippen LogP contribution < -0.4 is 5.32 Å². The first-order chi connectivity index (χ1) is 18.4. The lowest BCUT2D eigenvalue weighted by molar-refractivity contribution is -0.165. The van der Waals surface area contributed by atoms with Gasteiger partial charge in [-0.25, -0.2) is 14.4 Å². The number of carbonyl (C=O) groups excluding carboxylic acids is 2. The lowest BCUT2D eigenvalue weighted by Gasteiger charge is -2.39.